The van der Waals surface area contributed by atoms with Gasteiger partial charge in [-0.2, -0.15) is 0 Å². The highest BCUT2D eigenvalue weighted by Gasteiger charge is 2.38. The van der Waals surface area contributed by atoms with Crippen molar-refractivity contribution in [3.05, 3.63) is 35.2 Å². The lowest BCUT2D eigenvalue weighted by Crippen LogP contribution is -2.35. The van der Waals surface area contributed by atoms with E-state index < -0.39 is 0 Å². The Kier molecular flexibility index (Phi) is 4.83. The van der Waals surface area contributed by atoms with Crippen LogP contribution in [0.15, 0.2) is 30.3 Å². The van der Waals surface area contributed by atoms with Crippen molar-refractivity contribution in [2.75, 3.05) is 13.2 Å². The Morgan fingerprint density at radius 1 is 1.25 bits per heavy atom. The summed E-state index contributed by atoms with van der Waals surface area (Å²) >= 11 is 1.49. The van der Waals surface area contributed by atoms with Crippen molar-refractivity contribution >= 4 is 27.3 Å². The number of carbonyl (C=O) groups excluding carboxylic acids is 1. The van der Waals surface area contributed by atoms with E-state index in [1.54, 1.807) is 0 Å². The zero-order valence-corrected chi connectivity index (χ0v) is 14.6. The maximum absolute atomic E-state index is 12.1. The maximum atomic E-state index is 12.1. The van der Waals surface area contributed by atoms with E-state index in [9.17, 15) is 4.79 Å². The highest BCUT2D eigenvalue weighted by atomic mass is 32.1. The van der Waals surface area contributed by atoms with E-state index >= 15 is 0 Å². The molecule has 2 saturated carbocycles. The molecule has 0 radical (unpaired) electrons. The van der Waals surface area contributed by atoms with Crippen molar-refractivity contribution in [3.8, 4) is 0 Å². The van der Waals surface area contributed by atoms with Gasteiger partial charge in [0, 0.05) is 10.7 Å². The van der Waals surface area contributed by atoms with Gasteiger partial charge in [-0.3, -0.25) is 9.63 Å². The lowest BCUT2D eigenvalue weighted by atomic mass is 9.95. The number of amides is 1. The van der Waals surface area contributed by atoms with Crippen LogP contribution in [0.25, 0.3) is 10.1 Å². The Hall–Kier alpha value is -1.43. The van der Waals surface area contributed by atoms with E-state index in [0.717, 1.165) is 40.9 Å². The molecular formula is C19H24N2O2S. The van der Waals surface area contributed by atoms with Gasteiger partial charge in [-0.1, -0.05) is 24.6 Å². The molecule has 2 bridgehead atoms. The van der Waals surface area contributed by atoms with Crippen LogP contribution in [0, 0.1) is 11.8 Å². The first-order valence-corrected chi connectivity index (χ1v) is 9.75. The van der Waals surface area contributed by atoms with Crippen LogP contribution in [0.2, 0.25) is 0 Å². The molecule has 0 spiro atoms. The Labute approximate surface area is 146 Å². The van der Waals surface area contributed by atoms with Gasteiger partial charge in [0.15, 0.2) is 0 Å². The smallest absolute Gasteiger partial charge is 0.284 e. The number of rotatable bonds is 7. The topological polar surface area (TPSA) is 50.4 Å². The molecule has 1 aromatic carbocycles. The Balaban J connectivity index is 1.14. The second kappa shape index (κ2) is 7.21. The molecule has 128 valence electrons. The molecule has 2 fully saturated rings. The van der Waals surface area contributed by atoms with Crippen LogP contribution in [0.1, 0.15) is 41.8 Å². The zero-order valence-electron chi connectivity index (χ0n) is 13.8. The number of benzene rings is 1. The molecule has 2 aliphatic carbocycles. The summed E-state index contributed by atoms with van der Waals surface area (Å²) in [6.45, 7) is 1.51. The van der Waals surface area contributed by atoms with Crippen LogP contribution in [-0.2, 0) is 4.84 Å². The van der Waals surface area contributed by atoms with Crippen molar-refractivity contribution in [2.45, 2.75) is 38.1 Å². The van der Waals surface area contributed by atoms with E-state index in [1.807, 2.05) is 30.3 Å². The molecule has 1 amide bonds. The molecule has 1 heterocycles. The van der Waals surface area contributed by atoms with Gasteiger partial charge in [0.1, 0.15) is 0 Å². The van der Waals surface area contributed by atoms with E-state index in [0.29, 0.717) is 11.5 Å². The Bertz CT molecular complexity index is 681. The fourth-order valence-electron chi connectivity index (χ4n) is 4.19. The van der Waals surface area contributed by atoms with Gasteiger partial charge < -0.3 is 5.32 Å². The fraction of sp³-hybridized carbons (Fsp3) is 0.526. The minimum absolute atomic E-state index is 0.155. The maximum Gasteiger partial charge on any atom is 0.284 e. The first-order valence-electron chi connectivity index (χ1n) is 8.93. The Morgan fingerprint density at radius 3 is 2.96 bits per heavy atom. The average molecular weight is 344 g/mol. The molecule has 5 heteroatoms. The predicted molar refractivity (Wildman–Crippen MR) is 97.1 cm³/mol. The Morgan fingerprint density at radius 2 is 2.17 bits per heavy atom. The lowest BCUT2D eigenvalue weighted by Gasteiger charge is -2.22. The number of thiophene rings is 1. The third kappa shape index (κ3) is 3.48. The summed E-state index contributed by atoms with van der Waals surface area (Å²) in [5.41, 5.74) is 2.56. The molecule has 24 heavy (non-hydrogen) atoms. The summed E-state index contributed by atoms with van der Waals surface area (Å²) in [5, 5.41) is 4.76. The summed E-state index contributed by atoms with van der Waals surface area (Å²) in [4.78, 5) is 18.1. The first-order chi connectivity index (χ1) is 11.8. The molecule has 2 aromatic rings. The van der Waals surface area contributed by atoms with Gasteiger partial charge in [-0.15, -0.1) is 11.3 Å². The monoisotopic (exact) mass is 344 g/mol. The lowest BCUT2D eigenvalue weighted by molar-refractivity contribution is 0.0305. The highest BCUT2D eigenvalue weighted by Crippen LogP contribution is 2.44. The van der Waals surface area contributed by atoms with Crippen LogP contribution < -0.4 is 10.8 Å². The largest absolute Gasteiger partial charge is 0.314 e. The van der Waals surface area contributed by atoms with Gasteiger partial charge in [0.25, 0.3) is 5.91 Å². The number of fused-ring (bicyclic) bond motifs is 3. The number of carbonyl (C=O) groups is 1. The molecule has 4 rings (SSSR count). The fourth-order valence-corrected chi connectivity index (χ4v) is 5.14. The summed E-state index contributed by atoms with van der Waals surface area (Å²) in [6, 6.07) is 10.6. The highest BCUT2D eigenvalue weighted by molar-refractivity contribution is 7.20. The summed E-state index contributed by atoms with van der Waals surface area (Å²) in [7, 11) is 0. The molecule has 3 atom stereocenters. The first kappa shape index (κ1) is 16.1. The minimum Gasteiger partial charge on any atom is -0.314 e. The molecule has 3 unspecified atom stereocenters. The van der Waals surface area contributed by atoms with Gasteiger partial charge in [0.05, 0.1) is 11.5 Å². The number of hydroxylamine groups is 1. The molecule has 4 nitrogen and oxygen atoms in total. The van der Waals surface area contributed by atoms with Crippen LogP contribution in [0.4, 0.5) is 0 Å². The van der Waals surface area contributed by atoms with Crippen LogP contribution in [0.3, 0.4) is 0 Å². The second-order valence-corrected chi connectivity index (χ2v) is 8.10. The number of hydrogen-bond acceptors (Lipinski definition) is 4. The SMILES string of the molecule is O=C(NOCCCNC1CC2CCC1C2)c1cc2ccccc2s1. The number of hydrogen-bond donors (Lipinski definition) is 2. The zero-order chi connectivity index (χ0) is 16.4. The second-order valence-electron chi connectivity index (χ2n) is 7.02. The van der Waals surface area contributed by atoms with Crippen molar-refractivity contribution in [3.63, 3.8) is 0 Å². The third-order valence-corrected chi connectivity index (χ3v) is 6.50. The van der Waals surface area contributed by atoms with Crippen LogP contribution in [-0.4, -0.2) is 25.1 Å². The summed E-state index contributed by atoms with van der Waals surface area (Å²) < 4.78 is 1.12. The normalized spacial score (nSPS) is 25.4. The molecule has 1 aromatic heterocycles. The standard InChI is InChI=1S/C19H24N2O2S/c22-19(18-12-15-4-1-2-5-17(15)24-18)21-23-9-3-8-20-16-11-13-6-7-14(16)10-13/h1-2,4-5,12-14,16,20H,3,6-11H2,(H,21,22). The third-order valence-electron chi connectivity index (χ3n) is 5.38. The van der Waals surface area contributed by atoms with Crippen molar-refractivity contribution in [1.82, 2.24) is 10.8 Å². The van der Waals surface area contributed by atoms with Crippen molar-refractivity contribution in [2.24, 2.45) is 11.8 Å². The quantitative estimate of drug-likeness (QED) is 0.594. The number of nitrogens with one attached hydrogen (secondary N) is 2. The van der Waals surface area contributed by atoms with Gasteiger partial charge in [-0.05, 0) is 61.6 Å². The van der Waals surface area contributed by atoms with E-state index in [2.05, 4.69) is 10.8 Å². The van der Waals surface area contributed by atoms with Crippen molar-refractivity contribution < 1.29 is 9.63 Å². The van der Waals surface area contributed by atoms with E-state index in [4.69, 9.17) is 4.84 Å². The molecule has 0 aliphatic heterocycles. The molecule has 2 aliphatic rings. The van der Waals surface area contributed by atoms with E-state index in [-0.39, 0.29) is 5.91 Å². The minimum atomic E-state index is -0.155. The van der Waals surface area contributed by atoms with Gasteiger partial charge >= 0.3 is 0 Å². The molecular weight excluding hydrogens is 320 g/mol. The van der Waals surface area contributed by atoms with E-state index in [1.165, 1.54) is 37.0 Å². The summed E-state index contributed by atoms with van der Waals surface area (Å²) in [6.07, 6.45) is 6.55. The summed E-state index contributed by atoms with van der Waals surface area (Å²) in [5.74, 6) is 1.73. The molecule has 2 N–H and O–H groups in total. The van der Waals surface area contributed by atoms with Gasteiger partial charge in [0.2, 0.25) is 0 Å². The molecule has 0 saturated heterocycles. The van der Waals surface area contributed by atoms with Crippen molar-refractivity contribution in [1.29, 1.82) is 0 Å². The van der Waals surface area contributed by atoms with Crippen LogP contribution >= 0.6 is 11.3 Å². The van der Waals surface area contributed by atoms with Crippen LogP contribution in [0.5, 0.6) is 0 Å². The van der Waals surface area contributed by atoms with Gasteiger partial charge in [-0.25, -0.2) is 5.48 Å². The average Bonchev–Trinajstić information content (AvgIpc) is 3.31. The predicted octanol–water partition coefficient (Wildman–Crippen LogP) is 3.73.